The SMILES string of the molecule is C=C(CC(N)C(O)C(C)C=O)c1ccc(O)cc1N. The van der Waals surface area contributed by atoms with Crippen LogP contribution in [0.15, 0.2) is 24.8 Å². The summed E-state index contributed by atoms with van der Waals surface area (Å²) in [5, 5.41) is 19.1. The molecule has 1 aromatic rings. The lowest BCUT2D eigenvalue weighted by molar-refractivity contribution is -0.114. The van der Waals surface area contributed by atoms with Crippen molar-refractivity contribution in [3.05, 3.63) is 30.3 Å². The Morgan fingerprint density at radius 3 is 2.68 bits per heavy atom. The lowest BCUT2D eigenvalue weighted by atomic mass is 9.92. The van der Waals surface area contributed by atoms with Crippen LogP contribution in [0, 0.1) is 5.92 Å². The number of carbonyl (C=O) groups is 1. The first kappa shape index (κ1) is 15.2. The molecular weight excluding hydrogens is 244 g/mol. The van der Waals surface area contributed by atoms with Gasteiger partial charge >= 0.3 is 0 Å². The number of phenols is 1. The molecule has 3 atom stereocenters. The minimum atomic E-state index is -0.924. The van der Waals surface area contributed by atoms with Crippen molar-refractivity contribution in [1.29, 1.82) is 0 Å². The van der Waals surface area contributed by atoms with Crippen molar-refractivity contribution in [2.75, 3.05) is 5.73 Å². The molecule has 5 heteroatoms. The first-order valence-electron chi connectivity index (χ1n) is 6.02. The normalized spacial score (nSPS) is 15.5. The zero-order chi connectivity index (χ0) is 14.6. The van der Waals surface area contributed by atoms with Gasteiger partial charge < -0.3 is 26.5 Å². The highest BCUT2D eigenvalue weighted by atomic mass is 16.3. The van der Waals surface area contributed by atoms with Crippen LogP contribution in [0.2, 0.25) is 0 Å². The van der Waals surface area contributed by atoms with Crippen LogP contribution in [0.4, 0.5) is 5.69 Å². The Hall–Kier alpha value is -1.85. The molecule has 0 amide bonds. The Bertz CT molecular complexity index is 474. The Labute approximate surface area is 112 Å². The number of phenolic OH excluding ortho intramolecular Hbond substituents is 1. The molecule has 3 unspecified atom stereocenters. The van der Waals surface area contributed by atoms with Crippen LogP contribution in [0.25, 0.3) is 5.57 Å². The van der Waals surface area contributed by atoms with Gasteiger partial charge in [-0.1, -0.05) is 13.5 Å². The van der Waals surface area contributed by atoms with E-state index in [9.17, 15) is 15.0 Å². The first-order chi connectivity index (χ1) is 8.86. The Morgan fingerprint density at radius 2 is 2.16 bits per heavy atom. The molecule has 5 nitrogen and oxygen atoms in total. The van der Waals surface area contributed by atoms with E-state index in [1.54, 1.807) is 13.0 Å². The van der Waals surface area contributed by atoms with Crippen LogP contribution in [0.3, 0.4) is 0 Å². The number of nitrogens with two attached hydrogens (primary N) is 2. The maximum absolute atomic E-state index is 10.6. The van der Waals surface area contributed by atoms with Crippen molar-refractivity contribution in [2.45, 2.75) is 25.5 Å². The van der Waals surface area contributed by atoms with E-state index in [1.165, 1.54) is 12.1 Å². The fraction of sp³-hybridized carbons (Fsp3) is 0.357. The summed E-state index contributed by atoms with van der Waals surface area (Å²) in [6.45, 7) is 5.49. The van der Waals surface area contributed by atoms with Gasteiger partial charge in [0.1, 0.15) is 12.0 Å². The fourth-order valence-corrected chi connectivity index (χ4v) is 1.86. The predicted molar refractivity (Wildman–Crippen MR) is 75.4 cm³/mol. The lowest BCUT2D eigenvalue weighted by Crippen LogP contribution is -2.39. The van der Waals surface area contributed by atoms with Crippen LogP contribution in [0.1, 0.15) is 18.9 Å². The van der Waals surface area contributed by atoms with Crippen molar-refractivity contribution in [1.82, 2.24) is 0 Å². The number of hydrogen-bond donors (Lipinski definition) is 4. The molecule has 0 aliphatic carbocycles. The fourth-order valence-electron chi connectivity index (χ4n) is 1.86. The third-order valence-electron chi connectivity index (χ3n) is 3.09. The molecule has 0 aliphatic rings. The number of benzene rings is 1. The van der Waals surface area contributed by atoms with E-state index in [0.29, 0.717) is 29.5 Å². The minimum Gasteiger partial charge on any atom is -0.508 e. The second kappa shape index (κ2) is 6.36. The molecule has 0 heterocycles. The summed E-state index contributed by atoms with van der Waals surface area (Å²) < 4.78 is 0. The average molecular weight is 264 g/mol. The maximum atomic E-state index is 10.6. The molecule has 6 N–H and O–H groups in total. The summed E-state index contributed by atoms with van der Waals surface area (Å²) in [6, 6.07) is 3.99. The van der Waals surface area contributed by atoms with Gasteiger partial charge in [0.15, 0.2) is 0 Å². The summed E-state index contributed by atoms with van der Waals surface area (Å²) in [5.74, 6) is -0.451. The van der Waals surface area contributed by atoms with E-state index in [0.717, 1.165) is 0 Å². The van der Waals surface area contributed by atoms with Crippen LogP contribution in [-0.4, -0.2) is 28.6 Å². The zero-order valence-corrected chi connectivity index (χ0v) is 10.9. The largest absolute Gasteiger partial charge is 0.508 e. The van der Waals surface area contributed by atoms with Gasteiger partial charge in [-0.15, -0.1) is 0 Å². The topological polar surface area (TPSA) is 110 Å². The van der Waals surface area contributed by atoms with Crippen molar-refractivity contribution in [3.8, 4) is 5.75 Å². The molecule has 0 saturated carbocycles. The van der Waals surface area contributed by atoms with Crippen molar-refractivity contribution in [3.63, 3.8) is 0 Å². The van der Waals surface area contributed by atoms with Crippen LogP contribution >= 0.6 is 0 Å². The summed E-state index contributed by atoms with van der Waals surface area (Å²) in [5.41, 5.74) is 13.4. The van der Waals surface area contributed by atoms with Gasteiger partial charge in [-0.3, -0.25) is 0 Å². The number of rotatable bonds is 6. The highest BCUT2D eigenvalue weighted by molar-refractivity contribution is 5.75. The number of hydrogen-bond acceptors (Lipinski definition) is 5. The third-order valence-corrected chi connectivity index (χ3v) is 3.09. The number of anilines is 1. The number of carbonyl (C=O) groups excluding carboxylic acids is 1. The molecule has 0 saturated heterocycles. The summed E-state index contributed by atoms with van der Waals surface area (Å²) in [7, 11) is 0. The molecule has 104 valence electrons. The molecule has 0 spiro atoms. The standard InChI is InChI=1S/C14H20N2O3/c1-8(5-13(16)14(19)9(2)7-17)11-4-3-10(18)6-12(11)15/h3-4,6-7,9,13-14,18-19H,1,5,15-16H2,2H3. The monoisotopic (exact) mass is 264 g/mol. The van der Waals surface area contributed by atoms with Crippen LogP contribution < -0.4 is 11.5 Å². The predicted octanol–water partition coefficient (Wildman–Crippen LogP) is 0.901. The molecule has 0 aliphatic heterocycles. The highest BCUT2D eigenvalue weighted by Crippen LogP contribution is 2.27. The average Bonchev–Trinajstić information content (AvgIpc) is 2.36. The molecule has 19 heavy (non-hydrogen) atoms. The van der Waals surface area contributed by atoms with Gasteiger partial charge in [0.25, 0.3) is 0 Å². The van der Waals surface area contributed by atoms with Gasteiger partial charge in [-0.25, -0.2) is 0 Å². The smallest absolute Gasteiger partial charge is 0.125 e. The van der Waals surface area contributed by atoms with E-state index in [2.05, 4.69) is 6.58 Å². The Kier molecular flexibility index (Phi) is 5.09. The Balaban J connectivity index is 2.76. The second-order valence-electron chi connectivity index (χ2n) is 4.73. The van der Waals surface area contributed by atoms with Crippen LogP contribution in [-0.2, 0) is 4.79 Å². The maximum Gasteiger partial charge on any atom is 0.125 e. The lowest BCUT2D eigenvalue weighted by Gasteiger charge is -2.22. The second-order valence-corrected chi connectivity index (χ2v) is 4.73. The molecule has 0 fully saturated rings. The summed E-state index contributed by atoms with van der Waals surface area (Å²) in [6.07, 6.45) is 0.0591. The van der Waals surface area contributed by atoms with Crippen molar-refractivity contribution in [2.24, 2.45) is 11.7 Å². The van der Waals surface area contributed by atoms with Gasteiger partial charge in [0.05, 0.1) is 6.10 Å². The van der Waals surface area contributed by atoms with Gasteiger partial charge in [0.2, 0.25) is 0 Å². The van der Waals surface area contributed by atoms with Crippen molar-refractivity contribution < 1.29 is 15.0 Å². The first-order valence-corrected chi connectivity index (χ1v) is 6.02. The van der Waals surface area contributed by atoms with E-state index in [1.807, 2.05) is 0 Å². The summed E-state index contributed by atoms with van der Waals surface area (Å²) in [4.78, 5) is 10.6. The van der Waals surface area contributed by atoms with Gasteiger partial charge in [-0.05, 0) is 24.1 Å². The van der Waals surface area contributed by atoms with E-state index in [4.69, 9.17) is 11.5 Å². The van der Waals surface area contributed by atoms with Crippen molar-refractivity contribution >= 4 is 17.5 Å². The molecular formula is C14H20N2O3. The summed E-state index contributed by atoms with van der Waals surface area (Å²) >= 11 is 0. The number of aliphatic hydroxyl groups excluding tert-OH is 1. The molecule has 0 aromatic heterocycles. The number of nitrogen functional groups attached to an aromatic ring is 1. The zero-order valence-electron chi connectivity index (χ0n) is 10.9. The van der Waals surface area contributed by atoms with E-state index in [-0.39, 0.29) is 5.75 Å². The van der Waals surface area contributed by atoms with E-state index >= 15 is 0 Å². The van der Waals surface area contributed by atoms with Gasteiger partial charge in [-0.2, -0.15) is 0 Å². The minimum absolute atomic E-state index is 0.0768. The third kappa shape index (κ3) is 3.81. The molecule has 0 radical (unpaired) electrons. The quantitative estimate of drug-likeness (QED) is 0.451. The highest BCUT2D eigenvalue weighted by Gasteiger charge is 2.22. The number of aliphatic hydroxyl groups is 1. The van der Waals surface area contributed by atoms with Crippen LogP contribution in [0.5, 0.6) is 5.75 Å². The number of aldehydes is 1. The Morgan fingerprint density at radius 1 is 1.53 bits per heavy atom. The number of aromatic hydroxyl groups is 1. The molecule has 1 aromatic carbocycles. The van der Waals surface area contributed by atoms with E-state index < -0.39 is 18.1 Å². The molecule has 0 bridgehead atoms. The molecule has 1 rings (SSSR count). The van der Waals surface area contributed by atoms with Gasteiger partial charge in [0, 0.05) is 29.3 Å².